The van der Waals surface area contributed by atoms with Gasteiger partial charge in [0.15, 0.2) is 0 Å². The molecule has 0 amide bonds. The van der Waals surface area contributed by atoms with Gasteiger partial charge in [-0.2, -0.15) is 0 Å². The van der Waals surface area contributed by atoms with Crippen LogP contribution in [0.2, 0.25) is 0 Å². The van der Waals surface area contributed by atoms with Crippen LogP contribution in [-0.4, -0.2) is 56.9 Å². The summed E-state index contributed by atoms with van der Waals surface area (Å²) < 4.78 is 34.0. The van der Waals surface area contributed by atoms with E-state index in [-0.39, 0.29) is 12.4 Å². The Labute approximate surface area is 108 Å². The van der Waals surface area contributed by atoms with Crippen molar-refractivity contribution in [3.63, 3.8) is 0 Å². The number of hydrogen-bond acceptors (Lipinski definition) is 5. The van der Waals surface area contributed by atoms with Crippen molar-refractivity contribution in [1.29, 1.82) is 0 Å². The predicted molar refractivity (Wildman–Crippen MR) is 68.3 cm³/mol. The minimum Gasteiger partial charge on any atom is -0.384 e. The molecular weight excluding hydrogens is 256 g/mol. The predicted octanol–water partition coefficient (Wildman–Crippen LogP) is 0.133. The number of hydrogen-bond donors (Lipinski definition) is 0. The Balaban J connectivity index is 2.25. The molecule has 0 aliphatic heterocycles. The van der Waals surface area contributed by atoms with Gasteiger partial charge in [0.05, 0.1) is 25.6 Å². The maximum absolute atomic E-state index is 10.9. The summed E-state index contributed by atoms with van der Waals surface area (Å²) in [6.07, 6.45) is 5.58. The van der Waals surface area contributed by atoms with Crippen molar-refractivity contribution in [2.45, 2.75) is 13.0 Å². The zero-order valence-electron chi connectivity index (χ0n) is 10.8. The number of rotatable bonds is 9. The van der Waals surface area contributed by atoms with Gasteiger partial charge in [-0.1, -0.05) is 0 Å². The molecule has 104 valence electrons. The first-order valence-corrected chi connectivity index (χ1v) is 7.83. The minimum absolute atomic E-state index is 0.0630. The summed E-state index contributed by atoms with van der Waals surface area (Å²) in [5, 5.41) is 0. The van der Waals surface area contributed by atoms with E-state index in [2.05, 4.69) is 4.98 Å². The second-order valence-electron chi connectivity index (χ2n) is 4.02. The van der Waals surface area contributed by atoms with E-state index in [0.717, 1.165) is 12.2 Å². The summed E-state index contributed by atoms with van der Waals surface area (Å²) in [4.78, 5) is 4.22. The molecule has 6 nitrogen and oxygen atoms in total. The molecule has 0 aliphatic rings. The van der Waals surface area contributed by atoms with Crippen LogP contribution in [0.15, 0.2) is 12.4 Å². The van der Waals surface area contributed by atoms with E-state index in [1.54, 1.807) is 13.3 Å². The topological polar surface area (TPSA) is 70.4 Å². The number of ether oxygens (including phenoxy) is 2. The highest BCUT2D eigenvalue weighted by Crippen LogP contribution is 1.99. The molecular formula is C11H20N2O4S. The lowest BCUT2D eigenvalue weighted by molar-refractivity contribution is 0.139. The van der Waals surface area contributed by atoms with Crippen LogP contribution in [0.3, 0.4) is 0 Å². The Bertz CT molecular complexity index is 442. The summed E-state index contributed by atoms with van der Waals surface area (Å²) in [5.41, 5.74) is 0. The molecule has 0 atom stereocenters. The average molecular weight is 276 g/mol. The molecule has 1 heterocycles. The molecule has 0 fully saturated rings. The first-order chi connectivity index (χ1) is 8.53. The summed E-state index contributed by atoms with van der Waals surface area (Å²) in [7, 11) is -1.28. The molecule has 18 heavy (non-hydrogen) atoms. The molecule has 0 aromatic carbocycles. The van der Waals surface area contributed by atoms with E-state index >= 15 is 0 Å². The van der Waals surface area contributed by atoms with Gasteiger partial charge in [0, 0.05) is 38.7 Å². The third-order valence-electron chi connectivity index (χ3n) is 2.41. The Kier molecular flexibility index (Phi) is 6.31. The molecule has 0 radical (unpaired) electrons. The fourth-order valence-electron chi connectivity index (χ4n) is 1.44. The van der Waals surface area contributed by atoms with E-state index < -0.39 is 9.84 Å². The van der Waals surface area contributed by atoms with Gasteiger partial charge in [-0.25, -0.2) is 13.4 Å². The van der Waals surface area contributed by atoms with E-state index in [1.807, 2.05) is 10.8 Å². The molecule has 0 aliphatic carbocycles. The number of aromatic nitrogens is 2. The van der Waals surface area contributed by atoms with Crippen LogP contribution in [0.1, 0.15) is 5.82 Å². The fraction of sp³-hybridized carbons (Fsp3) is 0.727. The maximum Gasteiger partial charge on any atom is 0.149 e. The lowest BCUT2D eigenvalue weighted by Crippen LogP contribution is -2.14. The number of imidazole rings is 1. The minimum atomic E-state index is -2.94. The lowest BCUT2D eigenvalue weighted by atomic mass is 10.4. The first-order valence-electron chi connectivity index (χ1n) is 5.77. The second kappa shape index (κ2) is 7.50. The van der Waals surface area contributed by atoms with Crippen molar-refractivity contribution >= 4 is 9.84 Å². The van der Waals surface area contributed by atoms with Crippen LogP contribution in [0.25, 0.3) is 0 Å². The molecule has 0 bridgehead atoms. The van der Waals surface area contributed by atoms with E-state index in [4.69, 9.17) is 9.47 Å². The molecule has 1 rings (SSSR count). The molecule has 0 saturated carbocycles. The molecule has 7 heteroatoms. The summed E-state index contributed by atoms with van der Waals surface area (Å²) in [6, 6.07) is 0. The fourth-order valence-corrected chi connectivity index (χ4v) is 1.86. The largest absolute Gasteiger partial charge is 0.384 e. The van der Waals surface area contributed by atoms with Crippen molar-refractivity contribution in [1.82, 2.24) is 9.55 Å². The number of sulfone groups is 1. The van der Waals surface area contributed by atoms with Crippen molar-refractivity contribution < 1.29 is 17.9 Å². The van der Waals surface area contributed by atoms with Gasteiger partial charge < -0.3 is 14.0 Å². The van der Waals surface area contributed by atoms with Gasteiger partial charge in [0.25, 0.3) is 0 Å². The zero-order chi connectivity index (χ0) is 13.4. The van der Waals surface area contributed by atoms with Crippen LogP contribution in [0.5, 0.6) is 0 Å². The van der Waals surface area contributed by atoms with Gasteiger partial charge in [0.2, 0.25) is 0 Å². The summed E-state index contributed by atoms with van der Waals surface area (Å²) >= 11 is 0. The molecule has 1 aromatic heterocycles. The molecule has 0 N–H and O–H groups in total. The van der Waals surface area contributed by atoms with Crippen LogP contribution in [0, 0.1) is 0 Å². The zero-order valence-corrected chi connectivity index (χ0v) is 11.6. The molecule has 1 aromatic rings. The Morgan fingerprint density at radius 3 is 2.78 bits per heavy atom. The maximum atomic E-state index is 10.9. The van der Waals surface area contributed by atoms with Crippen molar-refractivity contribution in [2.75, 3.05) is 38.9 Å². The van der Waals surface area contributed by atoms with E-state index in [0.29, 0.717) is 19.8 Å². The molecule has 0 spiro atoms. The van der Waals surface area contributed by atoms with Gasteiger partial charge in [0.1, 0.15) is 15.7 Å². The summed E-state index contributed by atoms with van der Waals surface area (Å²) in [6.45, 7) is 2.02. The van der Waals surface area contributed by atoms with Crippen molar-refractivity contribution in [3.8, 4) is 0 Å². The Morgan fingerprint density at radius 2 is 2.11 bits per heavy atom. The van der Waals surface area contributed by atoms with Gasteiger partial charge in [-0.3, -0.25) is 0 Å². The highest BCUT2D eigenvalue weighted by Gasteiger charge is 2.04. The lowest BCUT2D eigenvalue weighted by Gasteiger charge is -2.08. The quantitative estimate of drug-likeness (QED) is 0.600. The van der Waals surface area contributed by atoms with Gasteiger partial charge >= 0.3 is 0 Å². The van der Waals surface area contributed by atoms with Crippen molar-refractivity contribution in [2.24, 2.45) is 0 Å². The average Bonchev–Trinajstić information content (AvgIpc) is 2.72. The van der Waals surface area contributed by atoms with Crippen LogP contribution in [-0.2, 0) is 32.3 Å². The molecule has 0 unspecified atom stereocenters. The van der Waals surface area contributed by atoms with Gasteiger partial charge in [-0.15, -0.1) is 0 Å². The highest BCUT2D eigenvalue weighted by molar-refractivity contribution is 7.90. The van der Waals surface area contributed by atoms with E-state index in [1.165, 1.54) is 6.26 Å². The monoisotopic (exact) mass is 276 g/mol. The first kappa shape index (κ1) is 15.1. The standard InChI is InChI=1S/C11H20N2O4S/c1-16-7-3-11-12-4-5-13(11)6-8-17-9-10-18(2,14)15/h4-5H,3,6-10H2,1-2H3. The van der Waals surface area contributed by atoms with Crippen LogP contribution < -0.4 is 0 Å². The van der Waals surface area contributed by atoms with Crippen LogP contribution in [0.4, 0.5) is 0 Å². The second-order valence-corrected chi connectivity index (χ2v) is 6.28. The third kappa shape index (κ3) is 6.13. The van der Waals surface area contributed by atoms with Crippen LogP contribution >= 0.6 is 0 Å². The molecule has 0 saturated heterocycles. The normalized spacial score (nSPS) is 11.9. The van der Waals surface area contributed by atoms with Crippen molar-refractivity contribution in [3.05, 3.63) is 18.2 Å². The Morgan fingerprint density at radius 1 is 1.33 bits per heavy atom. The highest BCUT2D eigenvalue weighted by atomic mass is 32.2. The SMILES string of the molecule is COCCc1nccn1CCOCCS(C)(=O)=O. The van der Waals surface area contributed by atoms with E-state index in [9.17, 15) is 8.42 Å². The summed E-state index contributed by atoms with van der Waals surface area (Å²) in [5.74, 6) is 1.01. The number of methoxy groups -OCH3 is 1. The Hall–Kier alpha value is -0.920. The van der Waals surface area contributed by atoms with Gasteiger partial charge in [-0.05, 0) is 0 Å². The number of nitrogens with zero attached hydrogens (tertiary/aromatic N) is 2. The third-order valence-corrected chi connectivity index (χ3v) is 3.31. The smallest absolute Gasteiger partial charge is 0.149 e.